The molecule has 3 fully saturated rings. The summed E-state index contributed by atoms with van der Waals surface area (Å²) >= 11 is 0. The third-order valence-electron chi connectivity index (χ3n) is 9.41. The van der Waals surface area contributed by atoms with Crippen LogP contribution in [0.3, 0.4) is 0 Å². The summed E-state index contributed by atoms with van der Waals surface area (Å²) in [4.78, 5) is 52.9. The number of aryl methyl sites for hydroxylation is 2. The predicted octanol–water partition coefficient (Wildman–Crippen LogP) is 4.53. The molecule has 2 saturated heterocycles. The van der Waals surface area contributed by atoms with Crippen LogP contribution in [0.4, 0.5) is 0 Å². The molecule has 41 heavy (non-hydrogen) atoms. The van der Waals surface area contributed by atoms with Crippen molar-refractivity contribution >= 4 is 28.4 Å². The molecule has 0 spiro atoms. The molecule has 3 aromatic rings. The Morgan fingerprint density at radius 3 is 2.44 bits per heavy atom. The first-order chi connectivity index (χ1) is 19.6. The van der Waals surface area contributed by atoms with Crippen molar-refractivity contribution in [3.63, 3.8) is 0 Å². The van der Waals surface area contributed by atoms with Crippen LogP contribution in [0.15, 0.2) is 24.5 Å². The van der Waals surface area contributed by atoms with Gasteiger partial charge in [-0.3, -0.25) is 19.1 Å². The maximum atomic E-state index is 13.9. The zero-order chi connectivity index (χ0) is 28.9. The van der Waals surface area contributed by atoms with Crippen molar-refractivity contribution < 1.29 is 14.4 Å². The van der Waals surface area contributed by atoms with Gasteiger partial charge in [0.05, 0.1) is 11.6 Å². The van der Waals surface area contributed by atoms with Gasteiger partial charge in [0.15, 0.2) is 11.6 Å². The molecule has 216 valence electrons. The Labute approximate surface area is 241 Å². The van der Waals surface area contributed by atoms with Gasteiger partial charge >= 0.3 is 0 Å². The summed E-state index contributed by atoms with van der Waals surface area (Å²) in [6.45, 7) is 10.7. The number of fused-ring (bicyclic) bond motifs is 2. The van der Waals surface area contributed by atoms with E-state index in [4.69, 9.17) is 0 Å². The normalized spacial score (nSPS) is 24.0. The van der Waals surface area contributed by atoms with E-state index in [0.717, 1.165) is 61.1 Å². The van der Waals surface area contributed by atoms with Gasteiger partial charge in [0, 0.05) is 42.7 Å². The van der Waals surface area contributed by atoms with Crippen LogP contribution in [-0.2, 0) is 16.1 Å². The minimum atomic E-state index is -0.365. The molecule has 2 aliphatic heterocycles. The number of Topliss-reactive ketones (excluding diaryl/α,β-unsaturated/α-hetero) is 2. The Hall–Kier alpha value is -3.46. The van der Waals surface area contributed by atoms with E-state index in [1.165, 1.54) is 26.2 Å². The molecular formula is C32H40N6O3. The first-order valence-corrected chi connectivity index (χ1v) is 15.0. The van der Waals surface area contributed by atoms with Gasteiger partial charge in [-0.15, -0.1) is 0 Å². The van der Waals surface area contributed by atoms with Gasteiger partial charge in [-0.2, -0.15) is 5.10 Å². The average molecular weight is 557 g/mol. The predicted molar refractivity (Wildman–Crippen MR) is 157 cm³/mol. The summed E-state index contributed by atoms with van der Waals surface area (Å²) in [7, 11) is 0. The smallest absolute Gasteiger partial charge is 0.245 e. The highest BCUT2D eigenvalue weighted by atomic mass is 16.2. The number of ketones is 2. The quantitative estimate of drug-likeness (QED) is 0.357. The molecule has 1 aliphatic carbocycles. The summed E-state index contributed by atoms with van der Waals surface area (Å²) in [6, 6.07) is 3.69. The highest BCUT2D eigenvalue weighted by Gasteiger charge is 2.64. The second kappa shape index (κ2) is 10.7. The number of hydrogen-bond donors (Lipinski definition) is 0. The van der Waals surface area contributed by atoms with Gasteiger partial charge in [0.25, 0.3) is 0 Å². The van der Waals surface area contributed by atoms with Gasteiger partial charge in [0.1, 0.15) is 18.1 Å². The SMILES string of the molecule is CC(=O)c1nn(CC(=O)N2[C@H](C(=O)CCCN3CCCCC3)C[C@@]3(C)C[C@@H]23)c2c(C)cc(-c3cnc(C)nc3)cc12. The lowest BCUT2D eigenvalue weighted by Gasteiger charge is -2.28. The number of likely N-dealkylation sites (tertiary alicyclic amines) is 2. The average Bonchev–Trinajstić information content (AvgIpc) is 3.30. The number of piperidine rings is 2. The maximum absolute atomic E-state index is 13.9. The molecule has 1 saturated carbocycles. The van der Waals surface area contributed by atoms with E-state index >= 15 is 0 Å². The third kappa shape index (κ3) is 5.32. The molecular weight excluding hydrogens is 516 g/mol. The summed E-state index contributed by atoms with van der Waals surface area (Å²) in [5, 5.41) is 5.35. The van der Waals surface area contributed by atoms with Crippen molar-refractivity contribution in [2.75, 3.05) is 19.6 Å². The van der Waals surface area contributed by atoms with Crippen LogP contribution >= 0.6 is 0 Å². The topological polar surface area (TPSA) is 101 Å². The highest BCUT2D eigenvalue weighted by molar-refractivity contribution is 6.07. The third-order valence-corrected chi connectivity index (χ3v) is 9.41. The molecule has 0 unspecified atom stereocenters. The van der Waals surface area contributed by atoms with Crippen molar-refractivity contribution in [2.45, 2.75) is 91.3 Å². The van der Waals surface area contributed by atoms with E-state index in [-0.39, 0.29) is 41.5 Å². The standard InChI is InChI=1S/C32H40N6O3/c1-20-13-23(24-17-33-22(3)34-18-24)14-25-30(21(2)39)35-37(31(20)25)19-29(41)38-26(15-32(4)16-28(32)38)27(40)9-8-12-36-10-6-5-7-11-36/h13-14,17-18,26,28H,5-12,15-16,19H2,1-4H3/t26-,28+,32-/m0/s1. The van der Waals surface area contributed by atoms with Crippen LogP contribution < -0.4 is 0 Å². The molecule has 9 nitrogen and oxygen atoms in total. The van der Waals surface area contributed by atoms with Crippen LogP contribution in [0.5, 0.6) is 0 Å². The Balaban J connectivity index is 1.23. The van der Waals surface area contributed by atoms with E-state index in [0.29, 0.717) is 23.3 Å². The number of aromatic nitrogens is 4. The Kier molecular flexibility index (Phi) is 7.26. The van der Waals surface area contributed by atoms with Gasteiger partial charge < -0.3 is 9.80 Å². The zero-order valence-electron chi connectivity index (χ0n) is 24.7. The molecule has 1 aromatic carbocycles. The van der Waals surface area contributed by atoms with Crippen molar-refractivity contribution in [3.8, 4) is 11.1 Å². The molecule has 4 heterocycles. The van der Waals surface area contributed by atoms with Crippen molar-refractivity contribution in [1.29, 1.82) is 0 Å². The summed E-state index contributed by atoms with van der Waals surface area (Å²) in [5.74, 6) is 0.616. The van der Waals surface area contributed by atoms with E-state index in [2.05, 4.69) is 26.9 Å². The number of carbonyl (C=O) groups is 3. The molecule has 3 aliphatic rings. The van der Waals surface area contributed by atoms with E-state index < -0.39 is 0 Å². The molecule has 0 radical (unpaired) electrons. The summed E-state index contributed by atoms with van der Waals surface area (Å²) in [5.41, 5.74) is 3.79. The van der Waals surface area contributed by atoms with Crippen LogP contribution in [-0.4, -0.2) is 78.7 Å². The van der Waals surface area contributed by atoms with Gasteiger partial charge in [-0.05, 0) is 94.3 Å². The maximum Gasteiger partial charge on any atom is 0.245 e. The molecule has 6 rings (SSSR count). The minimum Gasteiger partial charge on any atom is -0.327 e. The fraction of sp³-hybridized carbons (Fsp3) is 0.562. The van der Waals surface area contributed by atoms with E-state index in [1.54, 1.807) is 17.1 Å². The fourth-order valence-corrected chi connectivity index (χ4v) is 7.06. The van der Waals surface area contributed by atoms with Crippen LogP contribution in [0.2, 0.25) is 0 Å². The molecule has 9 heteroatoms. The van der Waals surface area contributed by atoms with E-state index in [9.17, 15) is 14.4 Å². The lowest BCUT2D eigenvalue weighted by Crippen LogP contribution is -2.45. The van der Waals surface area contributed by atoms with Gasteiger partial charge in [0.2, 0.25) is 5.91 Å². The summed E-state index contributed by atoms with van der Waals surface area (Å²) < 4.78 is 1.66. The Morgan fingerprint density at radius 1 is 1.00 bits per heavy atom. The molecule has 0 N–H and O–H groups in total. The zero-order valence-corrected chi connectivity index (χ0v) is 24.7. The number of benzene rings is 1. The van der Waals surface area contributed by atoms with Crippen LogP contribution in [0, 0.1) is 19.3 Å². The number of carbonyl (C=O) groups excluding carboxylic acids is 3. The number of amides is 1. The molecule has 1 amide bonds. The number of rotatable bonds is 9. The molecule has 0 bridgehead atoms. The van der Waals surface area contributed by atoms with Crippen LogP contribution in [0.1, 0.15) is 80.7 Å². The second-order valence-corrected chi connectivity index (χ2v) is 12.6. The molecule has 2 aromatic heterocycles. The van der Waals surface area contributed by atoms with Crippen molar-refractivity contribution in [1.82, 2.24) is 29.5 Å². The lowest BCUT2D eigenvalue weighted by molar-refractivity contribution is -0.139. The Morgan fingerprint density at radius 2 is 1.73 bits per heavy atom. The second-order valence-electron chi connectivity index (χ2n) is 12.6. The first-order valence-electron chi connectivity index (χ1n) is 15.0. The van der Waals surface area contributed by atoms with Crippen LogP contribution in [0.25, 0.3) is 22.0 Å². The lowest BCUT2D eigenvalue weighted by atomic mass is 9.97. The monoisotopic (exact) mass is 556 g/mol. The number of hydrogen-bond acceptors (Lipinski definition) is 7. The fourth-order valence-electron chi connectivity index (χ4n) is 7.06. The molecule has 3 atom stereocenters. The van der Waals surface area contributed by atoms with Crippen molar-refractivity contribution in [3.05, 3.63) is 41.6 Å². The number of nitrogens with zero attached hydrogens (tertiary/aromatic N) is 6. The largest absolute Gasteiger partial charge is 0.327 e. The highest BCUT2D eigenvalue weighted by Crippen LogP contribution is 2.59. The minimum absolute atomic E-state index is 0.00173. The Bertz CT molecular complexity index is 1510. The van der Waals surface area contributed by atoms with Gasteiger partial charge in [-0.25, -0.2) is 9.97 Å². The van der Waals surface area contributed by atoms with Gasteiger partial charge in [-0.1, -0.05) is 13.3 Å². The van der Waals surface area contributed by atoms with E-state index in [1.807, 2.05) is 30.9 Å². The summed E-state index contributed by atoms with van der Waals surface area (Å²) in [6.07, 6.45) is 10.4. The van der Waals surface area contributed by atoms with Crippen molar-refractivity contribution in [2.24, 2.45) is 5.41 Å². The first kappa shape index (κ1) is 27.7.